The van der Waals surface area contributed by atoms with Crippen LogP contribution in [0, 0.1) is 29.1 Å². The normalized spacial score (nSPS) is 12.3. The molecule has 1 amide bonds. The molecule has 0 bridgehead atoms. The highest BCUT2D eigenvalue weighted by atomic mass is 19.2. The zero-order valence-electron chi connectivity index (χ0n) is 10.8. The lowest BCUT2D eigenvalue weighted by Crippen LogP contribution is -2.34. The van der Waals surface area contributed by atoms with Gasteiger partial charge in [-0.05, 0) is 13.3 Å². The van der Waals surface area contributed by atoms with E-state index in [4.69, 9.17) is 0 Å². The lowest BCUT2D eigenvalue weighted by atomic mass is 10.2. The number of halogens is 5. The molecule has 0 saturated carbocycles. The number of hydrogen-bond acceptors (Lipinski definition) is 2. The molecule has 0 aliphatic carbocycles. The molecule has 0 aliphatic heterocycles. The summed E-state index contributed by atoms with van der Waals surface area (Å²) >= 11 is 0. The number of amides is 1. The van der Waals surface area contributed by atoms with E-state index in [0.717, 1.165) is 0 Å². The van der Waals surface area contributed by atoms with Crippen molar-refractivity contribution in [2.45, 2.75) is 26.3 Å². The molecule has 2 N–H and O–H groups in total. The van der Waals surface area contributed by atoms with E-state index in [9.17, 15) is 26.7 Å². The maximum atomic E-state index is 13.3. The van der Waals surface area contributed by atoms with Gasteiger partial charge in [-0.2, -0.15) is 0 Å². The molecule has 0 heterocycles. The van der Waals surface area contributed by atoms with Gasteiger partial charge >= 0.3 is 0 Å². The smallest absolute Gasteiger partial charge is 0.238 e. The van der Waals surface area contributed by atoms with E-state index in [0.29, 0.717) is 6.42 Å². The molecule has 112 valence electrons. The molecule has 8 heteroatoms. The molecule has 1 rings (SSSR count). The Morgan fingerprint density at radius 2 is 1.45 bits per heavy atom. The Morgan fingerprint density at radius 1 is 1.00 bits per heavy atom. The molecular weight excluding hydrogens is 283 g/mol. The van der Waals surface area contributed by atoms with E-state index in [1.807, 2.05) is 6.92 Å². The van der Waals surface area contributed by atoms with Crippen LogP contribution in [0.25, 0.3) is 0 Å². The summed E-state index contributed by atoms with van der Waals surface area (Å²) in [6.45, 7) is 3.31. The van der Waals surface area contributed by atoms with E-state index >= 15 is 0 Å². The molecule has 0 aromatic heterocycles. The van der Waals surface area contributed by atoms with Gasteiger partial charge in [0.1, 0.15) is 5.69 Å². The van der Waals surface area contributed by atoms with Crippen LogP contribution in [0.1, 0.15) is 20.3 Å². The lowest BCUT2D eigenvalue weighted by Gasteiger charge is -2.12. The monoisotopic (exact) mass is 296 g/mol. The third-order valence-electron chi connectivity index (χ3n) is 2.70. The number of anilines is 1. The Bertz CT molecular complexity index is 492. The van der Waals surface area contributed by atoms with Crippen LogP contribution in [0.5, 0.6) is 0 Å². The van der Waals surface area contributed by atoms with Crippen molar-refractivity contribution >= 4 is 11.6 Å². The van der Waals surface area contributed by atoms with Gasteiger partial charge in [0.15, 0.2) is 23.3 Å². The highest BCUT2D eigenvalue weighted by molar-refractivity contribution is 5.92. The third-order valence-corrected chi connectivity index (χ3v) is 2.70. The van der Waals surface area contributed by atoms with Crippen LogP contribution in [-0.2, 0) is 4.79 Å². The first-order chi connectivity index (χ1) is 9.29. The minimum Gasteiger partial charge on any atom is -0.320 e. The second-order valence-electron chi connectivity index (χ2n) is 4.18. The standard InChI is InChI=1S/C12H13F5N2O/c1-3-5(2)18-4-6(20)19-12-10(16)8(14)7(13)9(15)11(12)17/h5,18H,3-4H2,1-2H3,(H,19,20). The van der Waals surface area contributed by atoms with Gasteiger partial charge in [0, 0.05) is 6.04 Å². The predicted molar refractivity (Wildman–Crippen MR) is 62.6 cm³/mol. The van der Waals surface area contributed by atoms with E-state index < -0.39 is 40.7 Å². The Balaban J connectivity index is 2.91. The molecule has 20 heavy (non-hydrogen) atoms. The first-order valence-corrected chi connectivity index (χ1v) is 5.84. The predicted octanol–water partition coefficient (Wildman–Crippen LogP) is 2.71. The van der Waals surface area contributed by atoms with Gasteiger partial charge in [0.25, 0.3) is 0 Å². The molecule has 3 nitrogen and oxygen atoms in total. The van der Waals surface area contributed by atoms with Gasteiger partial charge in [0.2, 0.25) is 11.7 Å². The number of rotatable bonds is 5. The summed E-state index contributed by atoms with van der Waals surface area (Å²) in [7, 11) is 0. The minimum atomic E-state index is -2.27. The fraction of sp³-hybridized carbons (Fsp3) is 0.417. The van der Waals surface area contributed by atoms with Gasteiger partial charge in [-0.25, -0.2) is 22.0 Å². The fourth-order valence-corrected chi connectivity index (χ4v) is 1.31. The third kappa shape index (κ3) is 3.44. The SMILES string of the molecule is CCC(C)NCC(=O)Nc1c(F)c(F)c(F)c(F)c1F. The molecule has 1 atom stereocenters. The van der Waals surface area contributed by atoms with Crippen LogP contribution >= 0.6 is 0 Å². The van der Waals surface area contributed by atoms with E-state index in [1.165, 1.54) is 0 Å². The number of carbonyl (C=O) groups is 1. The van der Waals surface area contributed by atoms with Gasteiger partial charge in [-0.15, -0.1) is 0 Å². The van der Waals surface area contributed by atoms with E-state index in [2.05, 4.69) is 5.32 Å². The maximum absolute atomic E-state index is 13.3. The molecule has 0 saturated heterocycles. The minimum absolute atomic E-state index is 0.0304. The molecule has 0 radical (unpaired) electrons. The maximum Gasteiger partial charge on any atom is 0.238 e. The molecule has 1 unspecified atom stereocenters. The van der Waals surface area contributed by atoms with Crippen LogP contribution in [0.4, 0.5) is 27.6 Å². The Hall–Kier alpha value is -1.70. The molecule has 0 aliphatic rings. The zero-order valence-corrected chi connectivity index (χ0v) is 10.8. The van der Waals surface area contributed by atoms with Crippen molar-refractivity contribution in [3.63, 3.8) is 0 Å². The van der Waals surface area contributed by atoms with Crippen LogP contribution < -0.4 is 10.6 Å². The summed E-state index contributed by atoms with van der Waals surface area (Å²) in [5.74, 6) is -11.5. The Kier molecular flexibility index (Phi) is 5.43. The van der Waals surface area contributed by atoms with Crippen LogP contribution in [0.2, 0.25) is 0 Å². The summed E-state index contributed by atoms with van der Waals surface area (Å²) in [4.78, 5) is 11.4. The Labute approximate surface area is 112 Å². The van der Waals surface area contributed by atoms with Crippen molar-refractivity contribution < 1.29 is 26.7 Å². The summed E-state index contributed by atoms with van der Waals surface area (Å²) in [5, 5.41) is 4.38. The average molecular weight is 296 g/mol. The van der Waals surface area contributed by atoms with Crippen molar-refractivity contribution in [1.82, 2.24) is 5.32 Å². The summed E-state index contributed by atoms with van der Waals surface area (Å²) < 4.78 is 65.1. The number of nitrogens with one attached hydrogen (secondary N) is 2. The van der Waals surface area contributed by atoms with Crippen LogP contribution in [0.15, 0.2) is 0 Å². The first-order valence-electron chi connectivity index (χ1n) is 5.84. The molecule has 1 aromatic carbocycles. The molecular formula is C12H13F5N2O. The van der Waals surface area contributed by atoms with Gasteiger partial charge in [-0.3, -0.25) is 4.79 Å². The fourth-order valence-electron chi connectivity index (χ4n) is 1.31. The van der Waals surface area contributed by atoms with E-state index in [-0.39, 0.29) is 12.6 Å². The quantitative estimate of drug-likeness (QED) is 0.498. The van der Waals surface area contributed by atoms with Crippen molar-refractivity contribution in [2.24, 2.45) is 0 Å². The molecule has 0 spiro atoms. The van der Waals surface area contributed by atoms with Gasteiger partial charge in [-0.1, -0.05) is 6.92 Å². The second-order valence-corrected chi connectivity index (χ2v) is 4.18. The summed E-state index contributed by atoms with van der Waals surface area (Å²) in [6.07, 6.45) is 0.704. The summed E-state index contributed by atoms with van der Waals surface area (Å²) in [5.41, 5.74) is -1.35. The van der Waals surface area contributed by atoms with Crippen molar-refractivity contribution in [2.75, 3.05) is 11.9 Å². The van der Waals surface area contributed by atoms with Crippen LogP contribution in [-0.4, -0.2) is 18.5 Å². The van der Waals surface area contributed by atoms with Crippen molar-refractivity contribution in [1.29, 1.82) is 0 Å². The number of hydrogen-bond donors (Lipinski definition) is 2. The average Bonchev–Trinajstić information content (AvgIpc) is 2.44. The summed E-state index contributed by atoms with van der Waals surface area (Å²) in [6, 6.07) is -0.0304. The van der Waals surface area contributed by atoms with Crippen molar-refractivity contribution in [3.8, 4) is 0 Å². The van der Waals surface area contributed by atoms with Gasteiger partial charge in [0.05, 0.1) is 6.54 Å². The largest absolute Gasteiger partial charge is 0.320 e. The highest BCUT2D eigenvalue weighted by Crippen LogP contribution is 2.26. The van der Waals surface area contributed by atoms with Crippen molar-refractivity contribution in [3.05, 3.63) is 29.1 Å². The Morgan fingerprint density at radius 3 is 1.90 bits per heavy atom. The topological polar surface area (TPSA) is 41.1 Å². The highest BCUT2D eigenvalue weighted by Gasteiger charge is 2.26. The zero-order chi connectivity index (χ0) is 15.4. The molecule has 0 fully saturated rings. The molecule has 1 aromatic rings. The number of carbonyl (C=O) groups excluding carboxylic acids is 1. The van der Waals surface area contributed by atoms with E-state index in [1.54, 1.807) is 12.2 Å². The van der Waals surface area contributed by atoms with Gasteiger partial charge < -0.3 is 10.6 Å². The lowest BCUT2D eigenvalue weighted by molar-refractivity contribution is -0.115. The number of benzene rings is 1. The second kappa shape index (κ2) is 6.65. The van der Waals surface area contributed by atoms with Crippen LogP contribution in [0.3, 0.4) is 0 Å². The first kappa shape index (κ1) is 16.4.